The minimum atomic E-state index is -0.851. The van der Waals surface area contributed by atoms with E-state index in [1.54, 1.807) is 11.8 Å². The van der Waals surface area contributed by atoms with Crippen LogP contribution in [0, 0.1) is 5.41 Å². The second-order valence-corrected chi connectivity index (χ2v) is 11.4. The summed E-state index contributed by atoms with van der Waals surface area (Å²) in [7, 11) is 1.35. The molecule has 7 nitrogen and oxygen atoms in total. The average Bonchev–Trinajstić information content (AvgIpc) is 3.02. The fourth-order valence-corrected chi connectivity index (χ4v) is 7.27. The van der Waals surface area contributed by atoms with E-state index in [-0.39, 0.29) is 12.5 Å². The number of azide groups is 1. The van der Waals surface area contributed by atoms with E-state index in [2.05, 4.69) is 51.7 Å². The van der Waals surface area contributed by atoms with E-state index < -0.39 is 22.2 Å². The van der Waals surface area contributed by atoms with Gasteiger partial charge in [-0.15, -0.1) is 11.8 Å². The Hall–Kier alpha value is -3.74. The lowest BCUT2D eigenvalue weighted by Crippen LogP contribution is -2.51. The highest BCUT2D eigenvalue weighted by atomic mass is 32.2. The van der Waals surface area contributed by atoms with Crippen LogP contribution in [0.4, 0.5) is 0 Å². The first kappa shape index (κ1) is 29.2. The van der Waals surface area contributed by atoms with Crippen LogP contribution in [0.1, 0.15) is 55.2 Å². The number of carbonyl (C=O) groups excluding carboxylic acids is 2. The van der Waals surface area contributed by atoms with Gasteiger partial charge in [-0.25, -0.2) is 4.79 Å². The molecule has 208 valence electrons. The predicted octanol–water partition coefficient (Wildman–Crippen LogP) is 7.02. The number of ether oxygens (including phenoxy) is 1. The molecule has 8 heteroatoms. The smallest absolute Gasteiger partial charge is 0.329 e. The molecule has 1 atom stereocenters. The van der Waals surface area contributed by atoms with Crippen molar-refractivity contribution in [1.82, 2.24) is 5.32 Å². The first-order chi connectivity index (χ1) is 19.6. The Morgan fingerprint density at radius 2 is 1.43 bits per heavy atom. The maximum absolute atomic E-state index is 13.8. The number of nitrogens with one attached hydrogen (secondary N) is 1. The summed E-state index contributed by atoms with van der Waals surface area (Å²) in [6.45, 7) is 0.251. The zero-order valence-corrected chi connectivity index (χ0v) is 23.7. The summed E-state index contributed by atoms with van der Waals surface area (Å²) >= 11 is 1.61. The molecule has 0 saturated heterocycles. The SMILES string of the molecule is COC(=O)[C@H](CSC(c1ccccc1)(c1ccccc1)c1ccccc1)NC(=O)C1(CCN=[N+]=[N-])CCCCC1. The lowest BCUT2D eigenvalue weighted by molar-refractivity contribution is -0.146. The third-order valence-corrected chi connectivity index (χ3v) is 9.48. The van der Waals surface area contributed by atoms with Gasteiger partial charge < -0.3 is 10.1 Å². The van der Waals surface area contributed by atoms with Crippen LogP contribution in [0.25, 0.3) is 10.4 Å². The van der Waals surface area contributed by atoms with Gasteiger partial charge in [-0.2, -0.15) is 0 Å². The molecule has 0 heterocycles. The number of hydrogen-bond donors (Lipinski definition) is 1. The molecule has 1 N–H and O–H groups in total. The molecule has 0 radical (unpaired) electrons. The highest BCUT2D eigenvalue weighted by molar-refractivity contribution is 8.00. The molecule has 3 aromatic carbocycles. The van der Waals surface area contributed by atoms with Crippen LogP contribution in [-0.4, -0.2) is 37.3 Å². The van der Waals surface area contributed by atoms with Crippen molar-refractivity contribution in [3.63, 3.8) is 0 Å². The molecule has 1 aliphatic carbocycles. The standard InChI is InChI=1S/C32H36N4O3S/c1-39-29(37)28(35-30(38)31(22-23-34-36-33)20-12-5-13-21-31)24-40-32(25-14-6-2-7-15-25,26-16-8-3-9-17-26)27-18-10-4-11-19-27/h2-4,6-11,14-19,28H,5,12-13,20-24H2,1H3,(H,35,38)/t28-/m0/s1. The summed E-state index contributed by atoms with van der Waals surface area (Å²) in [6, 6.07) is 29.9. The second kappa shape index (κ2) is 14.1. The molecule has 1 aliphatic rings. The van der Waals surface area contributed by atoms with Crippen LogP contribution in [-0.2, 0) is 19.1 Å². The normalized spacial score (nSPS) is 15.3. The number of rotatable bonds is 12. The third kappa shape index (κ3) is 6.52. The summed E-state index contributed by atoms with van der Waals surface area (Å²) < 4.78 is 4.55. The lowest BCUT2D eigenvalue weighted by Gasteiger charge is -2.38. The fraction of sp³-hybridized carbons (Fsp3) is 0.375. The number of methoxy groups -OCH3 is 1. The number of amides is 1. The van der Waals surface area contributed by atoms with Gasteiger partial charge in [-0.3, -0.25) is 4.79 Å². The van der Waals surface area contributed by atoms with Gasteiger partial charge in [0.25, 0.3) is 0 Å². The lowest BCUT2D eigenvalue weighted by atomic mass is 9.71. The van der Waals surface area contributed by atoms with Gasteiger partial charge in [0, 0.05) is 22.6 Å². The summed E-state index contributed by atoms with van der Waals surface area (Å²) in [5.41, 5.74) is 11.4. The van der Waals surface area contributed by atoms with Crippen molar-refractivity contribution in [3.05, 3.63) is 118 Å². The van der Waals surface area contributed by atoms with E-state index in [4.69, 9.17) is 10.3 Å². The molecule has 0 spiro atoms. The Labute approximate surface area is 240 Å². The van der Waals surface area contributed by atoms with E-state index in [1.165, 1.54) is 7.11 Å². The molecule has 0 unspecified atom stereocenters. The molecule has 0 aliphatic heterocycles. The molecule has 1 fully saturated rings. The van der Waals surface area contributed by atoms with Crippen molar-refractivity contribution < 1.29 is 14.3 Å². The summed E-state index contributed by atoms with van der Waals surface area (Å²) in [4.78, 5) is 29.8. The molecule has 1 saturated carbocycles. The van der Waals surface area contributed by atoms with Crippen LogP contribution in [0.5, 0.6) is 0 Å². The van der Waals surface area contributed by atoms with E-state index >= 15 is 0 Å². The quantitative estimate of drug-likeness (QED) is 0.0851. The maximum atomic E-state index is 13.8. The van der Waals surface area contributed by atoms with Gasteiger partial charge in [-0.1, -0.05) is 115 Å². The molecule has 0 aromatic heterocycles. The number of hydrogen-bond acceptors (Lipinski definition) is 5. The van der Waals surface area contributed by atoms with Crippen LogP contribution < -0.4 is 5.32 Å². The zero-order valence-electron chi connectivity index (χ0n) is 22.9. The van der Waals surface area contributed by atoms with Crippen molar-refractivity contribution in [1.29, 1.82) is 0 Å². The highest BCUT2D eigenvalue weighted by Crippen LogP contribution is 2.49. The molecular weight excluding hydrogens is 520 g/mol. The Kier molecular flexibility index (Phi) is 10.3. The first-order valence-electron chi connectivity index (χ1n) is 13.8. The predicted molar refractivity (Wildman–Crippen MR) is 160 cm³/mol. The number of esters is 1. The van der Waals surface area contributed by atoms with E-state index in [0.717, 1.165) is 36.0 Å². The van der Waals surface area contributed by atoms with Gasteiger partial charge in [0.2, 0.25) is 5.91 Å². The highest BCUT2D eigenvalue weighted by Gasteiger charge is 2.42. The minimum absolute atomic E-state index is 0.166. The van der Waals surface area contributed by atoms with Crippen molar-refractivity contribution in [2.75, 3.05) is 19.4 Å². The van der Waals surface area contributed by atoms with Crippen molar-refractivity contribution >= 4 is 23.6 Å². The largest absolute Gasteiger partial charge is 0.467 e. The van der Waals surface area contributed by atoms with E-state index in [9.17, 15) is 9.59 Å². The maximum Gasteiger partial charge on any atom is 0.329 e. The molecule has 3 aromatic rings. The number of carbonyl (C=O) groups is 2. The van der Waals surface area contributed by atoms with Crippen LogP contribution in [0.3, 0.4) is 0 Å². The number of thioether (sulfide) groups is 1. The summed E-state index contributed by atoms with van der Waals surface area (Å²) in [5, 5.41) is 6.76. The van der Waals surface area contributed by atoms with E-state index in [0.29, 0.717) is 25.0 Å². The van der Waals surface area contributed by atoms with Gasteiger partial charge in [0.1, 0.15) is 6.04 Å². The number of benzene rings is 3. The molecular formula is C32H36N4O3S. The Balaban J connectivity index is 1.70. The average molecular weight is 557 g/mol. The van der Waals surface area contributed by atoms with Gasteiger partial charge >= 0.3 is 5.97 Å². The number of nitrogens with zero attached hydrogens (tertiary/aromatic N) is 3. The van der Waals surface area contributed by atoms with Gasteiger partial charge in [-0.05, 0) is 41.5 Å². The van der Waals surface area contributed by atoms with Gasteiger partial charge in [0.15, 0.2) is 0 Å². The molecule has 1 amide bonds. The zero-order chi connectivity index (χ0) is 28.3. The van der Waals surface area contributed by atoms with Crippen LogP contribution in [0.15, 0.2) is 96.1 Å². The Bertz CT molecular complexity index is 1190. The molecule has 0 bridgehead atoms. The second-order valence-electron chi connectivity index (χ2n) is 10.2. The Morgan fingerprint density at radius 1 is 0.925 bits per heavy atom. The van der Waals surface area contributed by atoms with E-state index in [1.807, 2.05) is 54.6 Å². The van der Waals surface area contributed by atoms with Crippen molar-refractivity contribution in [2.45, 2.75) is 49.3 Å². The van der Waals surface area contributed by atoms with Crippen molar-refractivity contribution in [3.8, 4) is 0 Å². The first-order valence-corrected chi connectivity index (χ1v) is 14.7. The third-order valence-electron chi connectivity index (χ3n) is 7.84. The van der Waals surface area contributed by atoms with Gasteiger partial charge in [0.05, 0.1) is 11.9 Å². The molecule has 40 heavy (non-hydrogen) atoms. The Morgan fingerprint density at radius 3 is 1.88 bits per heavy atom. The fourth-order valence-electron chi connectivity index (χ4n) is 5.73. The van der Waals surface area contributed by atoms with Crippen molar-refractivity contribution in [2.24, 2.45) is 10.5 Å². The summed E-state index contributed by atoms with van der Waals surface area (Å²) in [6.07, 6.45) is 4.82. The van der Waals surface area contributed by atoms with Crippen LogP contribution >= 0.6 is 11.8 Å². The topological polar surface area (TPSA) is 104 Å². The minimum Gasteiger partial charge on any atom is -0.467 e. The summed E-state index contributed by atoms with van der Waals surface area (Å²) in [5.74, 6) is -0.352. The van der Waals surface area contributed by atoms with Crippen LogP contribution in [0.2, 0.25) is 0 Å². The molecule has 4 rings (SSSR count). The monoisotopic (exact) mass is 556 g/mol.